The second kappa shape index (κ2) is 20.4. The normalized spacial score (nSPS) is 51.8. The summed E-state index contributed by atoms with van der Waals surface area (Å²) in [6, 6.07) is 0. The lowest BCUT2D eigenvalue weighted by Crippen LogP contribution is -2.70. The summed E-state index contributed by atoms with van der Waals surface area (Å²) in [7, 11) is 0. The minimum Gasteiger partial charge on any atom is -0.465 e. The van der Waals surface area contributed by atoms with Crippen LogP contribution in [-0.4, -0.2) is 120 Å². The van der Waals surface area contributed by atoms with Gasteiger partial charge in [-0.2, -0.15) is 0 Å². The lowest BCUT2D eigenvalue weighted by molar-refractivity contribution is -0.571. The molecule has 19 heteroatoms. The lowest BCUT2D eigenvalue weighted by atomic mass is 9.57. The largest absolute Gasteiger partial charge is 0.465 e. The van der Waals surface area contributed by atoms with Gasteiger partial charge < -0.3 is 47.7 Å². The van der Waals surface area contributed by atoms with Crippen molar-refractivity contribution in [1.82, 2.24) is 0 Å². The summed E-state index contributed by atoms with van der Waals surface area (Å²) >= 11 is 0. The number of aliphatic hydroxyl groups is 1. The summed E-state index contributed by atoms with van der Waals surface area (Å²) in [6.45, 7) is 18.9. The van der Waals surface area contributed by atoms with E-state index < -0.39 is 95.8 Å². The maximum Gasteiger partial charge on any atom is 0.308 e. The standard InChI is InChI=1S/C58H88O19/c1-31-10-13-40-34(4)43(66-49-56(40)37(31)16-22-52(7,69-49)72-75-56)19-25-63-46(59)28-55(62,29-47(60)64-26-20-44-35(5)41-14-11-32(2)38-17-23-53(8)70-50(67-44)57(38,41)76-73-53)30-48(61)65-27-21-45-36(6)42-15-12-33(3)39-18-24-54(9)71-51(68-45)58(39,42)77-74-54/h31-45,49-51,62H,10-30H2,1-9H3/t31-,32-,33-,34-,35-,36-,37+,38+,39+,40+,41+,42+,43?,44?,45?,49-,50-,51-,52?,53?,54?,55?,56-,57-,58-/m1/s1. The number of rotatable bonds is 15. The number of carbonyl (C=O) groups excluding carboxylic acids is 3. The number of esters is 3. The van der Waals surface area contributed by atoms with Crippen LogP contribution >= 0.6 is 0 Å². The van der Waals surface area contributed by atoms with E-state index in [1.54, 1.807) is 0 Å². The molecule has 19 nitrogen and oxygen atoms in total. The van der Waals surface area contributed by atoms with E-state index in [1.807, 2.05) is 20.8 Å². The zero-order chi connectivity index (χ0) is 54.1. The molecular formula is C58H88O19. The number of ether oxygens (including phenoxy) is 9. The quantitative estimate of drug-likeness (QED) is 0.0926. The summed E-state index contributed by atoms with van der Waals surface area (Å²) in [5.41, 5.74) is -4.35. The molecule has 0 aromatic rings. The van der Waals surface area contributed by atoms with E-state index in [0.29, 0.717) is 56.3 Å². The van der Waals surface area contributed by atoms with E-state index in [2.05, 4.69) is 41.5 Å². The van der Waals surface area contributed by atoms with Gasteiger partial charge in [-0.15, -0.1) is 0 Å². The fourth-order valence-corrected chi connectivity index (χ4v) is 17.9. The van der Waals surface area contributed by atoms with Gasteiger partial charge in [0.15, 0.2) is 35.7 Å². The molecule has 12 saturated heterocycles. The second-order valence-corrected chi connectivity index (χ2v) is 27.1. The highest BCUT2D eigenvalue weighted by atomic mass is 17.3. The average Bonchev–Trinajstić information content (AvgIpc) is 4.14. The Kier molecular flexibility index (Phi) is 14.6. The van der Waals surface area contributed by atoms with Crippen LogP contribution in [0.25, 0.3) is 0 Å². The molecule has 12 heterocycles. The topological polar surface area (TPSA) is 210 Å². The summed E-state index contributed by atoms with van der Waals surface area (Å²) < 4.78 is 57.2. The highest BCUT2D eigenvalue weighted by Gasteiger charge is 2.72. The SMILES string of the molecule is C[C@@H]1CC[C@H]2[C@@H](C)C(CCOC(=O)CC(O)(CC(=O)OCCC3O[C@@H]4OC5(C)CC[C@H]6[C@H](C)CC[C@@H]([C@H]3C)[C@@]46OO5)CC(=O)OCCC3O[C@@H]4OC5(C)CC[C@H]6[C@H](C)CC[C@@H]([C@H]3C)[C@@]46OO5)O[C@@H]3OC4(C)CC[C@@H]1[C@]32OO4. The summed E-state index contributed by atoms with van der Waals surface area (Å²) in [5, 5.41) is 12.3. The Balaban J connectivity index is 0.688. The van der Waals surface area contributed by atoms with Crippen molar-refractivity contribution in [3.8, 4) is 0 Å². The summed E-state index contributed by atoms with van der Waals surface area (Å²) in [6.07, 6.45) is 7.05. The third kappa shape index (κ3) is 9.37. The van der Waals surface area contributed by atoms with E-state index in [0.717, 1.165) is 57.8 Å². The van der Waals surface area contributed by atoms with Gasteiger partial charge in [-0.3, -0.25) is 14.4 Å². The molecule has 3 spiro atoms. The van der Waals surface area contributed by atoms with Crippen LogP contribution < -0.4 is 0 Å². The van der Waals surface area contributed by atoms with Gasteiger partial charge in [0.2, 0.25) is 17.4 Å². The number of carbonyl (C=O) groups is 3. The van der Waals surface area contributed by atoms with Crippen molar-refractivity contribution >= 4 is 17.9 Å². The zero-order valence-electron chi connectivity index (χ0n) is 47.0. The van der Waals surface area contributed by atoms with Gasteiger partial charge in [-0.05, 0) is 132 Å². The Bertz CT molecular complexity index is 1980. The van der Waals surface area contributed by atoms with Crippen LogP contribution in [0.3, 0.4) is 0 Å². The van der Waals surface area contributed by atoms with Crippen LogP contribution in [0.4, 0.5) is 0 Å². The van der Waals surface area contributed by atoms with Crippen molar-refractivity contribution in [3.63, 3.8) is 0 Å². The molecule has 15 fully saturated rings. The summed E-state index contributed by atoms with van der Waals surface area (Å²) in [5.74, 6) is -2.76. The van der Waals surface area contributed by atoms with Gasteiger partial charge in [-0.25, -0.2) is 29.3 Å². The van der Waals surface area contributed by atoms with Gasteiger partial charge in [0, 0.05) is 56.3 Å². The van der Waals surface area contributed by atoms with E-state index in [1.165, 1.54) is 0 Å². The molecule has 0 amide bonds. The lowest BCUT2D eigenvalue weighted by Gasteiger charge is -2.60. The molecular weight excluding hydrogens is 1000 g/mol. The van der Waals surface area contributed by atoms with Crippen LogP contribution in [0.2, 0.25) is 0 Å². The Morgan fingerprint density at radius 1 is 0.429 bits per heavy atom. The molecule has 15 aliphatic rings. The van der Waals surface area contributed by atoms with Crippen molar-refractivity contribution in [2.45, 2.75) is 255 Å². The Labute approximate surface area is 453 Å². The van der Waals surface area contributed by atoms with Crippen molar-refractivity contribution in [1.29, 1.82) is 0 Å². The molecule has 434 valence electrons. The Hall–Kier alpha value is -2.11. The average molecular weight is 1090 g/mol. The maximum atomic E-state index is 13.8. The highest BCUT2D eigenvalue weighted by molar-refractivity contribution is 5.78. The highest BCUT2D eigenvalue weighted by Crippen LogP contribution is 2.64. The predicted molar refractivity (Wildman–Crippen MR) is 266 cm³/mol. The zero-order valence-corrected chi connectivity index (χ0v) is 47.0. The first-order valence-electron chi connectivity index (χ1n) is 29.9. The van der Waals surface area contributed by atoms with E-state index in [4.69, 9.17) is 72.0 Å². The predicted octanol–water partition coefficient (Wildman–Crippen LogP) is 8.44. The smallest absolute Gasteiger partial charge is 0.308 e. The van der Waals surface area contributed by atoms with Crippen molar-refractivity contribution in [3.05, 3.63) is 0 Å². The molecule has 15 rings (SSSR count). The van der Waals surface area contributed by atoms with Crippen LogP contribution in [0, 0.1) is 71.0 Å². The molecule has 3 saturated carbocycles. The molecule has 0 radical (unpaired) electrons. The van der Waals surface area contributed by atoms with Gasteiger partial charge in [0.1, 0.15) is 0 Å². The van der Waals surface area contributed by atoms with E-state index in [9.17, 15) is 19.5 Å². The van der Waals surface area contributed by atoms with Crippen molar-refractivity contribution in [2.75, 3.05) is 19.8 Å². The molecule has 3 aliphatic carbocycles. The Morgan fingerprint density at radius 2 is 0.714 bits per heavy atom. The molecule has 77 heavy (non-hydrogen) atoms. The minimum absolute atomic E-state index is 0.0230. The molecule has 12 aliphatic heterocycles. The van der Waals surface area contributed by atoms with Gasteiger partial charge in [-0.1, -0.05) is 41.5 Å². The third-order valence-corrected chi connectivity index (χ3v) is 22.3. The fraction of sp³-hybridized carbons (Fsp3) is 0.948. The molecule has 0 aromatic heterocycles. The number of hydrogen-bond donors (Lipinski definition) is 1. The van der Waals surface area contributed by atoms with Crippen LogP contribution in [0.15, 0.2) is 0 Å². The van der Waals surface area contributed by atoms with Gasteiger partial charge in [0.05, 0.1) is 63.0 Å². The van der Waals surface area contributed by atoms with Crippen LogP contribution in [0.5, 0.6) is 0 Å². The third-order valence-electron chi connectivity index (χ3n) is 22.3. The van der Waals surface area contributed by atoms with E-state index in [-0.39, 0.29) is 91.4 Å². The van der Waals surface area contributed by atoms with Crippen LogP contribution in [0.1, 0.15) is 178 Å². The van der Waals surface area contributed by atoms with Crippen molar-refractivity contribution in [2.24, 2.45) is 71.0 Å². The first-order valence-corrected chi connectivity index (χ1v) is 29.9. The summed E-state index contributed by atoms with van der Waals surface area (Å²) in [4.78, 5) is 78.5. The second-order valence-electron chi connectivity index (χ2n) is 27.1. The monoisotopic (exact) mass is 1090 g/mol. The van der Waals surface area contributed by atoms with Crippen molar-refractivity contribution < 1.29 is 91.4 Å². The Morgan fingerprint density at radius 3 is 1.00 bits per heavy atom. The first-order chi connectivity index (χ1) is 36.6. The van der Waals surface area contributed by atoms with Gasteiger partial charge in [0.25, 0.3) is 0 Å². The molecule has 0 aromatic carbocycles. The maximum absolute atomic E-state index is 13.8. The van der Waals surface area contributed by atoms with E-state index >= 15 is 0 Å². The molecule has 6 bridgehead atoms. The first kappa shape index (κ1) is 55.4. The number of hydrogen-bond acceptors (Lipinski definition) is 19. The minimum atomic E-state index is -2.19. The number of fused-ring (bicyclic) bond motifs is 6. The fourth-order valence-electron chi connectivity index (χ4n) is 17.9. The van der Waals surface area contributed by atoms with Gasteiger partial charge >= 0.3 is 17.9 Å². The molecule has 6 unspecified atom stereocenters. The van der Waals surface area contributed by atoms with Crippen LogP contribution in [-0.2, 0) is 86.3 Å². The molecule has 1 N–H and O–H groups in total. The molecule has 24 atom stereocenters.